The van der Waals surface area contributed by atoms with Crippen molar-refractivity contribution >= 4 is 5.65 Å². The van der Waals surface area contributed by atoms with E-state index in [0.29, 0.717) is 36.9 Å². The molecule has 0 aromatic carbocycles. The lowest BCUT2D eigenvalue weighted by Crippen LogP contribution is -2.34. The maximum Gasteiger partial charge on any atom is 0.272 e. The van der Waals surface area contributed by atoms with Crippen molar-refractivity contribution in [3.63, 3.8) is 0 Å². The maximum atomic E-state index is 12.3. The zero-order valence-corrected chi connectivity index (χ0v) is 15.6. The lowest BCUT2D eigenvalue weighted by Gasteiger charge is -2.32. The van der Waals surface area contributed by atoms with Gasteiger partial charge in [0.05, 0.1) is 18.3 Å². The fourth-order valence-corrected chi connectivity index (χ4v) is 3.61. The van der Waals surface area contributed by atoms with E-state index in [4.69, 9.17) is 9.26 Å². The van der Waals surface area contributed by atoms with Gasteiger partial charge in [0.1, 0.15) is 0 Å². The summed E-state index contributed by atoms with van der Waals surface area (Å²) in [6.07, 6.45) is 3.81. The number of aryl methyl sites for hydroxylation is 1. The number of rotatable bonds is 6. The maximum absolute atomic E-state index is 12.3. The van der Waals surface area contributed by atoms with E-state index in [-0.39, 0.29) is 11.6 Å². The van der Waals surface area contributed by atoms with E-state index in [1.54, 1.807) is 13.2 Å². The minimum absolute atomic E-state index is 0.0516. The van der Waals surface area contributed by atoms with Gasteiger partial charge in [0, 0.05) is 37.9 Å². The lowest BCUT2D eigenvalue weighted by atomic mass is 10.0. The Morgan fingerprint density at radius 2 is 2.22 bits per heavy atom. The van der Waals surface area contributed by atoms with Crippen molar-refractivity contribution in [2.75, 3.05) is 20.3 Å². The number of fused-ring (bicyclic) bond motifs is 1. The first-order valence-corrected chi connectivity index (χ1v) is 9.28. The SMILES string of the molecule is COCCc1noc(C2CCCCN2Cc2cc(=O)n3[nH]c(C)cc3n2)n1. The normalized spacial score (nSPS) is 18.4. The molecule has 9 heteroatoms. The van der Waals surface area contributed by atoms with E-state index in [1.807, 2.05) is 13.0 Å². The largest absolute Gasteiger partial charge is 0.384 e. The molecule has 4 rings (SSSR count). The Hall–Kier alpha value is -2.52. The summed E-state index contributed by atoms with van der Waals surface area (Å²) in [5.74, 6) is 1.30. The van der Waals surface area contributed by atoms with Crippen LogP contribution in [-0.4, -0.2) is 49.9 Å². The number of methoxy groups -OCH3 is 1. The van der Waals surface area contributed by atoms with Gasteiger partial charge in [-0.25, -0.2) is 9.50 Å². The van der Waals surface area contributed by atoms with Crippen molar-refractivity contribution < 1.29 is 9.26 Å². The predicted octanol–water partition coefficient (Wildman–Crippen LogP) is 1.63. The average molecular weight is 372 g/mol. The zero-order valence-electron chi connectivity index (χ0n) is 15.6. The van der Waals surface area contributed by atoms with Crippen LogP contribution in [0, 0.1) is 6.92 Å². The second-order valence-electron chi connectivity index (χ2n) is 6.99. The molecule has 27 heavy (non-hydrogen) atoms. The van der Waals surface area contributed by atoms with E-state index >= 15 is 0 Å². The molecule has 9 nitrogen and oxygen atoms in total. The summed E-state index contributed by atoms with van der Waals surface area (Å²) in [5.41, 5.74) is 2.20. The number of hydrogen-bond donors (Lipinski definition) is 1. The molecule has 1 N–H and O–H groups in total. The Balaban J connectivity index is 1.56. The number of aromatic nitrogens is 5. The van der Waals surface area contributed by atoms with E-state index in [1.165, 1.54) is 4.52 Å². The number of likely N-dealkylation sites (tertiary alicyclic amines) is 1. The fourth-order valence-electron chi connectivity index (χ4n) is 3.61. The van der Waals surface area contributed by atoms with Gasteiger partial charge in [0.25, 0.3) is 5.56 Å². The standard InChI is InChI=1S/C18H24N6O3/c1-12-9-16-19-13(10-17(25)24(16)21-12)11-23-7-4-3-5-14(23)18-20-15(22-27-18)6-8-26-2/h9-10,14,21H,3-8,11H2,1-2H3. The summed E-state index contributed by atoms with van der Waals surface area (Å²) < 4.78 is 12.1. The van der Waals surface area contributed by atoms with Crippen LogP contribution >= 0.6 is 0 Å². The van der Waals surface area contributed by atoms with E-state index in [9.17, 15) is 4.79 Å². The first-order chi connectivity index (χ1) is 13.1. The molecule has 1 unspecified atom stereocenters. The highest BCUT2D eigenvalue weighted by atomic mass is 16.5. The van der Waals surface area contributed by atoms with Gasteiger partial charge in [0.15, 0.2) is 11.5 Å². The summed E-state index contributed by atoms with van der Waals surface area (Å²) in [7, 11) is 1.65. The van der Waals surface area contributed by atoms with Crippen LogP contribution in [0.4, 0.5) is 0 Å². The molecule has 0 spiro atoms. The van der Waals surface area contributed by atoms with Gasteiger partial charge in [-0.15, -0.1) is 0 Å². The van der Waals surface area contributed by atoms with Crippen LogP contribution in [0.5, 0.6) is 0 Å². The molecule has 4 heterocycles. The van der Waals surface area contributed by atoms with Gasteiger partial charge in [-0.3, -0.25) is 14.8 Å². The van der Waals surface area contributed by atoms with Gasteiger partial charge >= 0.3 is 0 Å². The second-order valence-corrected chi connectivity index (χ2v) is 6.99. The summed E-state index contributed by atoms with van der Waals surface area (Å²) in [6, 6.07) is 3.52. The topological polar surface area (TPSA) is 102 Å². The Bertz CT molecular complexity index is 975. The molecule has 144 valence electrons. The quantitative estimate of drug-likeness (QED) is 0.702. The molecule has 1 aliphatic rings. The van der Waals surface area contributed by atoms with Gasteiger partial charge in [-0.1, -0.05) is 11.6 Å². The molecule has 1 fully saturated rings. The van der Waals surface area contributed by atoms with Crippen molar-refractivity contribution in [3.05, 3.63) is 45.6 Å². The molecule has 0 amide bonds. The molecule has 3 aromatic rings. The Morgan fingerprint density at radius 3 is 3.07 bits per heavy atom. The molecule has 0 aliphatic carbocycles. The predicted molar refractivity (Wildman–Crippen MR) is 97.4 cm³/mol. The van der Waals surface area contributed by atoms with E-state index in [0.717, 1.165) is 37.2 Å². The van der Waals surface area contributed by atoms with Crippen LogP contribution in [0.1, 0.15) is 48.4 Å². The molecular formula is C18H24N6O3. The van der Waals surface area contributed by atoms with E-state index < -0.39 is 0 Å². The highest BCUT2D eigenvalue weighted by Crippen LogP contribution is 2.31. The first-order valence-electron chi connectivity index (χ1n) is 9.28. The molecule has 3 aromatic heterocycles. The number of H-pyrrole nitrogens is 1. The van der Waals surface area contributed by atoms with Crippen LogP contribution in [0.2, 0.25) is 0 Å². The molecule has 0 saturated carbocycles. The zero-order chi connectivity index (χ0) is 18.8. The third-order valence-corrected chi connectivity index (χ3v) is 4.91. The fraction of sp³-hybridized carbons (Fsp3) is 0.556. The summed E-state index contributed by atoms with van der Waals surface area (Å²) in [5, 5.41) is 7.06. The third kappa shape index (κ3) is 3.79. The summed E-state index contributed by atoms with van der Waals surface area (Å²) in [4.78, 5) is 23.8. The Morgan fingerprint density at radius 1 is 1.33 bits per heavy atom. The number of aromatic amines is 1. The van der Waals surface area contributed by atoms with Gasteiger partial charge in [-0.2, -0.15) is 4.98 Å². The van der Waals surface area contributed by atoms with Gasteiger partial charge < -0.3 is 9.26 Å². The number of nitrogens with zero attached hydrogens (tertiary/aromatic N) is 5. The minimum atomic E-state index is -0.101. The van der Waals surface area contributed by atoms with Crippen molar-refractivity contribution in [2.24, 2.45) is 0 Å². The van der Waals surface area contributed by atoms with Gasteiger partial charge in [-0.05, 0) is 26.3 Å². The number of nitrogens with one attached hydrogen (secondary N) is 1. The Kier molecular flexibility index (Phi) is 5.04. The van der Waals surface area contributed by atoms with E-state index in [2.05, 4.69) is 25.1 Å². The van der Waals surface area contributed by atoms with Crippen LogP contribution in [-0.2, 0) is 17.7 Å². The Labute approximate surface area is 156 Å². The molecule has 1 saturated heterocycles. The second kappa shape index (κ2) is 7.61. The minimum Gasteiger partial charge on any atom is -0.384 e. The van der Waals surface area contributed by atoms with Crippen molar-refractivity contribution in [1.29, 1.82) is 0 Å². The number of piperidine rings is 1. The molecule has 0 radical (unpaired) electrons. The highest BCUT2D eigenvalue weighted by molar-refractivity contribution is 5.39. The average Bonchev–Trinajstić information content (AvgIpc) is 3.27. The third-order valence-electron chi connectivity index (χ3n) is 4.91. The summed E-state index contributed by atoms with van der Waals surface area (Å²) >= 11 is 0. The van der Waals surface area contributed by atoms with Crippen LogP contribution in [0.15, 0.2) is 21.5 Å². The highest BCUT2D eigenvalue weighted by Gasteiger charge is 2.29. The number of ether oxygens (including phenoxy) is 1. The van der Waals surface area contributed by atoms with Crippen LogP contribution in [0.25, 0.3) is 5.65 Å². The summed E-state index contributed by atoms with van der Waals surface area (Å²) in [6.45, 7) is 3.96. The number of hydrogen-bond acceptors (Lipinski definition) is 7. The van der Waals surface area contributed by atoms with Crippen molar-refractivity contribution in [3.8, 4) is 0 Å². The molecule has 1 atom stereocenters. The van der Waals surface area contributed by atoms with Crippen LogP contribution in [0.3, 0.4) is 0 Å². The van der Waals surface area contributed by atoms with Crippen LogP contribution < -0.4 is 5.56 Å². The first kappa shape index (κ1) is 17.9. The van der Waals surface area contributed by atoms with Crippen molar-refractivity contribution in [1.82, 2.24) is 29.6 Å². The lowest BCUT2D eigenvalue weighted by molar-refractivity contribution is 0.110. The molecule has 0 bridgehead atoms. The van der Waals surface area contributed by atoms with Crippen molar-refractivity contribution in [2.45, 2.75) is 45.2 Å². The molecular weight excluding hydrogens is 348 g/mol. The van der Waals surface area contributed by atoms with Gasteiger partial charge in [0.2, 0.25) is 5.89 Å². The monoisotopic (exact) mass is 372 g/mol. The molecule has 1 aliphatic heterocycles. The smallest absolute Gasteiger partial charge is 0.272 e.